The number of pyridine rings is 1. The smallest absolute Gasteiger partial charge is 0.226 e. The van der Waals surface area contributed by atoms with Gasteiger partial charge in [0.1, 0.15) is 0 Å². The van der Waals surface area contributed by atoms with Crippen LogP contribution in [0.2, 0.25) is 0 Å². The number of hydrogen-bond acceptors (Lipinski definition) is 3. The van der Waals surface area contributed by atoms with Crippen LogP contribution in [-0.2, 0) is 11.2 Å². The summed E-state index contributed by atoms with van der Waals surface area (Å²) in [6.07, 6.45) is 3.67. The lowest BCUT2D eigenvalue weighted by atomic mass is 10.1. The van der Waals surface area contributed by atoms with Gasteiger partial charge in [-0.1, -0.05) is 6.07 Å². The fourth-order valence-corrected chi connectivity index (χ4v) is 1.48. The Balaban J connectivity index is 2.53. The summed E-state index contributed by atoms with van der Waals surface area (Å²) >= 11 is 0. The molecule has 0 saturated carbocycles. The van der Waals surface area contributed by atoms with E-state index in [0.29, 0.717) is 13.0 Å². The van der Waals surface area contributed by atoms with Gasteiger partial charge < -0.3 is 10.0 Å². The molecule has 1 N–H and O–H groups in total. The summed E-state index contributed by atoms with van der Waals surface area (Å²) in [5, 5.41) is 9.60. The van der Waals surface area contributed by atoms with Crippen molar-refractivity contribution in [2.75, 3.05) is 13.6 Å². The van der Waals surface area contributed by atoms with E-state index in [1.165, 1.54) is 4.90 Å². The van der Waals surface area contributed by atoms with Crippen LogP contribution < -0.4 is 0 Å². The van der Waals surface area contributed by atoms with Gasteiger partial charge >= 0.3 is 0 Å². The summed E-state index contributed by atoms with van der Waals surface area (Å²) in [7, 11) is 1.69. The highest BCUT2D eigenvalue weighted by molar-refractivity contribution is 5.78. The molecular weight excluding hydrogens is 204 g/mol. The van der Waals surface area contributed by atoms with Crippen molar-refractivity contribution in [2.24, 2.45) is 0 Å². The number of aromatic nitrogens is 1. The molecule has 0 unspecified atom stereocenters. The molecular formula is C12H18N2O2. The molecule has 4 heteroatoms. The monoisotopic (exact) mass is 222 g/mol. The van der Waals surface area contributed by atoms with Gasteiger partial charge in [-0.25, -0.2) is 0 Å². The van der Waals surface area contributed by atoms with E-state index in [4.69, 9.17) is 0 Å². The first-order valence-corrected chi connectivity index (χ1v) is 5.24. The van der Waals surface area contributed by atoms with Gasteiger partial charge in [0.05, 0.1) is 12.0 Å². The molecule has 0 bridgehead atoms. The summed E-state index contributed by atoms with van der Waals surface area (Å²) < 4.78 is 0. The molecule has 4 nitrogen and oxygen atoms in total. The number of likely N-dealkylation sites (N-methyl/N-ethyl adjacent to an activating group) is 1. The molecule has 88 valence electrons. The Bertz CT molecular complexity index is 344. The average molecular weight is 222 g/mol. The molecule has 1 aromatic heterocycles. The van der Waals surface area contributed by atoms with Crippen LogP contribution in [0, 0.1) is 0 Å². The Hall–Kier alpha value is -1.42. The number of aliphatic hydroxyl groups is 1. The van der Waals surface area contributed by atoms with E-state index in [1.807, 2.05) is 6.07 Å². The molecule has 0 aliphatic heterocycles. The van der Waals surface area contributed by atoms with Gasteiger partial charge in [0.2, 0.25) is 5.91 Å². The largest absolute Gasteiger partial charge is 0.389 e. The Morgan fingerprint density at radius 1 is 1.56 bits per heavy atom. The van der Waals surface area contributed by atoms with E-state index in [1.54, 1.807) is 39.4 Å². The summed E-state index contributed by atoms with van der Waals surface area (Å²) in [6.45, 7) is 3.69. The van der Waals surface area contributed by atoms with Gasteiger partial charge in [0, 0.05) is 26.0 Å². The number of rotatable bonds is 4. The van der Waals surface area contributed by atoms with Crippen molar-refractivity contribution in [3.8, 4) is 0 Å². The predicted octanol–water partition coefficient (Wildman–Crippen LogP) is 0.853. The third-order valence-electron chi connectivity index (χ3n) is 2.13. The van der Waals surface area contributed by atoms with Crippen LogP contribution in [0.3, 0.4) is 0 Å². The molecule has 0 atom stereocenters. The second kappa shape index (κ2) is 5.07. The molecule has 1 rings (SSSR count). The van der Waals surface area contributed by atoms with Gasteiger partial charge in [0.25, 0.3) is 0 Å². The number of carbonyl (C=O) groups excluding carboxylic acids is 1. The molecule has 0 radical (unpaired) electrons. The third kappa shape index (κ3) is 4.40. The first kappa shape index (κ1) is 12.6. The minimum Gasteiger partial charge on any atom is -0.389 e. The first-order valence-electron chi connectivity index (χ1n) is 5.24. The maximum absolute atomic E-state index is 11.8. The molecule has 0 aliphatic rings. The van der Waals surface area contributed by atoms with Crippen molar-refractivity contribution in [1.82, 2.24) is 9.88 Å². The molecule has 0 aliphatic carbocycles. The normalized spacial score (nSPS) is 11.2. The van der Waals surface area contributed by atoms with Crippen molar-refractivity contribution in [1.29, 1.82) is 0 Å². The molecule has 1 heterocycles. The van der Waals surface area contributed by atoms with Crippen molar-refractivity contribution >= 4 is 5.91 Å². The minimum absolute atomic E-state index is 0.0184. The second-order valence-corrected chi connectivity index (χ2v) is 4.60. The van der Waals surface area contributed by atoms with E-state index < -0.39 is 5.60 Å². The lowest BCUT2D eigenvalue weighted by Crippen LogP contribution is -2.40. The number of carbonyl (C=O) groups is 1. The maximum Gasteiger partial charge on any atom is 0.226 e. The lowest BCUT2D eigenvalue weighted by molar-refractivity contribution is -0.131. The standard InChI is InChI=1S/C12H18N2O2/c1-12(2,16)9-14(3)11(15)7-10-5-4-6-13-8-10/h4-6,8,16H,7,9H2,1-3H3. The molecule has 0 spiro atoms. The van der Waals surface area contributed by atoms with Crippen molar-refractivity contribution in [2.45, 2.75) is 25.9 Å². The quantitative estimate of drug-likeness (QED) is 0.821. The summed E-state index contributed by atoms with van der Waals surface area (Å²) in [5.74, 6) is -0.0184. The first-order chi connectivity index (χ1) is 7.38. The Morgan fingerprint density at radius 3 is 2.75 bits per heavy atom. The molecule has 0 saturated heterocycles. The minimum atomic E-state index is -0.862. The highest BCUT2D eigenvalue weighted by Crippen LogP contribution is 2.06. The summed E-state index contributed by atoms with van der Waals surface area (Å²) in [4.78, 5) is 17.3. The van der Waals surface area contributed by atoms with E-state index in [9.17, 15) is 9.90 Å². The fourth-order valence-electron chi connectivity index (χ4n) is 1.48. The number of nitrogens with zero attached hydrogens (tertiary/aromatic N) is 2. The molecule has 1 aromatic rings. The summed E-state index contributed by atoms with van der Waals surface area (Å²) in [6, 6.07) is 3.67. The summed E-state index contributed by atoms with van der Waals surface area (Å²) in [5.41, 5.74) is 0.0226. The number of hydrogen-bond donors (Lipinski definition) is 1. The van der Waals surface area contributed by atoms with Crippen LogP contribution in [-0.4, -0.2) is 40.1 Å². The molecule has 16 heavy (non-hydrogen) atoms. The van der Waals surface area contributed by atoms with E-state index in [0.717, 1.165) is 5.56 Å². The average Bonchev–Trinajstić information content (AvgIpc) is 2.16. The van der Waals surface area contributed by atoms with Gasteiger partial charge in [0.15, 0.2) is 0 Å². The Kier molecular flexibility index (Phi) is 4.01. The topological polar surface area (TPSA) is 53.4 Å². The van der Waals surface area contributed by atoms with Crippen LogP contribution in [0.4, 0.5) is 0 Å². The van der Waals surface area contributed by atoms with Crippen LogP contribution >= 0.6 is 0 Å². The van der Waals surface area contributed by atoms with Crippen LogP contribution in [0.5, 0.6) is 0 Å². The molecule has 0 fully saturated rings. The zero-order valence-electron chi connectivity index (χ0n) is 9.97. The zero-order chi connectivity index (χ0) is 12.2. The number of amides is 1. The SMILES string of the molecule is CN(CC(C)(C)O)C(=O)Cc1cccnc1. The zero-order valence-corrected chi connectivity index (χ0v) is 9.97. The highest BCUT2D eigenvalue weighted by Gasteiger charge is 2.19. The predicted molar refractivity (Wildman–Crippen MR) is 61.9 cm³/mol. The van der Waals surface area contributed by atoms with Gasteiger partial charge in [-0.3, -0.25) is 9.78 Å². The molecule has 0 aromatic carbocycles. The fraction of sp³-hybridized carbons (Fsp3) is 0.500. The molecule has 1 amide bonds. The second-order valence-electron chi connectivity index (χ2n) is 4.60. The van der Waals surface area contributed by atoms with Gasteiger partial charge in [-0.05, 0) is 25.5 Å². The third-order valence-corrected chi connectivity index (χ3v) is 2.13. The Labute approximate surface area is 95.9 Å². The van der Waals surface area contributed by atoms with Crippen LogP contribution in [0.25, 0.3) is 0 Å². The van der Waals surface area contributed by atoms with E-state index in [2.05, 4.69) is 4.98 Å². The van der Waals surface area contributed by atoms with Crippen molar-refractivity contribution in [3.05, 3.63) is 30.1 Å². The van der Waals surface area contributed by atoms with Crippen LogP contribution in [0.15, 0.2) is 24.5 Å². The lowest BCUT2D eigenvalue weighted by Gasteiger charge is -2.25. The van der Waals surface area contributed by atoms with Crippen molar-refractivity contribution in [3.63, 3.8) is 0 Å². The van der Waals surface area contributed by atoms with E-state index in [-0.39, 0.29) is 5.91 Å². The van der Waals surface area contributed by atoms with Gasteiger partial charge in [-0.15, -0.1) is 0 Å². The van der Waals surface area contributed by atoms with Crippen LogP contribution in [0.1, 0.15) is 19.4 Å². The van der Waals surface area contributed by atoms with E-state index >= 15 is 0 Å². The van der Waals surface area contributed by atoms with Crippen molar-refractivity contribution < 1.29 is 9.90 Å². The van der Waals surface area contributed by atoms with Gasteiger partial charge in [-0.2, -0.15) is 0 Å². The maximum atomic E-state index is 11.8. The highest BCUT2D eigenvalue weighted by atomic mass is 16.3. The Morgan fingerprint density at radius 2 is 2.25 bits per heavy atom.